The fraction of sp³-hybridized carbons (Fsp3) is 0.222. The van der Waals surface area contributed by atoms with Crippen LogP contribution in [0.5, 0.6) is 0 Å². The maximum absolute atomic E-state index is 12.9. The molecule has 0 unspecified atom stereocenters. The molecule has 7 nitrogen and oxygen atoms in total. The molecule has 0 radical (unpaired) electrons. The minimum absolute atomic E-state index is 0.159. The summed E-state index contributed by atoms with van der Waals surface area (Å²) in [6.07, 6.45) is 1.79. The number of nitrogens with one attached hydrogen (secondary N) is 1. The Morgan fingerprint density at radius 3 is 2.73 bits per heavy atom. The first-order valence-corrected chi connectivity index (χ1v) is 8.94. The monoisotopic (exact) mass is 370 g/mol. The second-order valence-corrected chi connectivity index (χ2v) is 6.51. The van der Waals surface area contributed by atoms with Crippen molar-refractivity contribution < 1.29 is 9.90 Å². The van der Waals surface area contributed by atoms with Gasteiger partial charge in [0.05, 0.1) is 0 Å². The molecule has 26 heavy (non-hydrogen) atoms. The molecule has 1 aromatic carbocycles. The van der Waals surface area contributed by atoms with Crippen molar-refractivity contribution in [3.05, 3.63) is 63.5 Å². The third-order valence-corrected chi connectivity index (χ3v) is 4.53. The molecule has 0 fully saturated rings. The average molecular weight is 370 g/mol. The number of carbonyl (C=O) groups excluding carboxylic acids is 1. The smallest absolute Gasteiger partial charge is 0.257 e. The van der Waals surface area contributed by atoms with Gasteiger partial charge in [0.1, 0.15) is 12.4 Å². The molecule has 0 saturated carbocycles. The van der Waals surface area contributed by atoms with Gasteiger partial charge in [0.15, 0.2) is 5.13 Å². The number of thiazole rings is 1. The Bertz CT molecular complexity index is 953. The molecule has 0 aliphatic carbocycles. The fourth-order valence-electron chi connectivity index (χ4n) is 2.64. The van der Waals surface area contributed by atoms with E-state index in [0.717, 1.165) is 5.56 Å². The van der Waals surface area contributed by atoms with E-state index in [1.165, 1.54) is 15.9 Å². The summed E-state index contributed by atoms with van der Waals surface area (Å²) in [7, 11) is 0. The first-order valence-electron chi connectivity index (χ1n) is 8.06. The van der Waals surface area contributed by atoms with E-state index in [4.69, 9.17) is 0 Å². The zero-order valence-corrected chi connectivity index (χ0v) is 15.0. The lowest BCUT2D eigenvalue weighted by Crippen LogP contribution is -2.33. The van der Waals surface area contributed by atoms with Crippen LogP contribution >= 0.6 is 11.3 Å². The molecule has 2 aromatic heterocycles. The van der Waals surface area contributed by atoms with E-state index in [9.17, 15) is 14.7 Å². The molecule has 1 amide bonds. The fourth-order valence-corrected chi connectivity index (χ4v) is 3.19. The number of aromatic nitrogens is 3. The number of hydrogen-bond acceptors (Lipinski definition) is 6. The zero-order chi connectivity index (χ0) is 18.5. The van der Waals surface area contributed by atoms with Crippen LogP contribution in [0.25, 0.3) is 11.4 Å². The number of rotatable bonds is 6. The van der Waals surface area contributed by atoms with Crippen molar-refractivity contribution >= 4 is 22.4 Å². The van der Waals surface area contributed by atoms with Gasteiger partial charge in [-0.25, -0.2) is 9.97 Å². The van der Waals surface area contributed by atoms with Crippen molar-refractivity contribution in [2.24, 2.45) is 0 Å². The number of hydrogen-bond donors (Lipinski definition) is 2. The molecule has 0 atom stereocenters. The summed E-state index contributed by atoms with van der Waals surface area (Å²) in [5.41, 5.74) is 1.39. The summed E-state index contributed by atoms with van der Waals surface area (Å²) < 4.78 is 1.34. The van der Waals surface area contributed by atoms with Gasteiger partial charge in [-0.05, 0) is 6.92 Å². The number of aliphatic hydroxyl groups is 1. The van der Waals surface area contributed by atoms with Crippen LogP contribution in [0.3, 0.4) is 0 Å². The lowest BCUT2D eigenvalue weighted by Gasteiger charge is -2.15. The second-order valence-electron chi connectivity index (χ2n) is 5.62. The largest absolute Gasteiger partial charge is 0.396 e. The predicted octanol–water partition coefficient (Wildman–Crippen LogP) is 1.85. The standard InChI is InChI=1S/C18H18N4O3S/c1-12-14(7-9-23)17(25)22(11-15(24)21-18-19-8-10-26-18)16(20-12)13-5-3-2-4-6-13/h2-6,8,10,23H,7,9,11H2,1H3,(H,19,21,24). The number of nitrogens with zero attached hydrogens (tertiary/aromatic N) is 3. The maximum atomic E-state index is 12.9. The number of benzene rings is 1. The van der Waals surface area contributed by atoms with Crippen LogP contribution in [0.15, 0.2) is 46.7 Å². The number of aliphatic hydroxyl groups excluding tert-OH is 1. The molecule has 134 valence electrons. The van der Waals surface area contributed by atoms with Crippen LogP contribution in [-0.2, 0) is 17.8 Å². The van der Waals surface area contributed by atoms with Crippen LogP contribution in [0.2, 0.25) is 0 Å². The molecule has 0 bridgehead atoms. The lowest BCUT2D eigenvalue weighted by molar-refractivity contribution is -0.116. The second kappa shape index (κ2) is 8.03. The van der Waals surface area contributed by atoms with Crippen molar-refractivity contribution in [1.29, 1.82) is 0 Å². The average Bonchev–Trinajstić information content (AvgIpc) is 3.14. The Kier molecular flexibility index (Phi) is 5.55. The Morgan fingerprint density at radius 2 is 2.08 bits per heavy atom. The molecular formula is C18H18N4O3S. The van der Waals surface area contributed by atoms with Crippen molar-refractivity contribution in [3.8, 4) is 11.4 Å². The van der Waals surface area contributed by atoms with Gasteiger partial charge in [-0.2, -0.15) is 0 Å². The quantitative estimate of drug-likeness (QED) is 0.690. The van der Waals surface area contributed by atoms with E-state index in [1.54, 1.807) is 18.5 Å². The van der Waals surface area contributed by atoms with E-state index in [2.05, 4.69) is 15.3 Å². The van der Waals surface area contributed by atoms with Gasteiger partial charge in [-0.3, -0.25) is 14.2 Å². The van der Waals surface area contributed by atoms with Crippen LogP contribution in [0.4, 0.5) is 5.13 Å². The number of anilines is 1. The minimum Gasteiger partial charge on any atom is -0.396 e. The molecule has 2 heterocycles. The van der Waals surface area contributed by atoms with E-state index in [-0.39, 0.29) is 31.0 Å². The summed E-state index contributed by atoms with van der Waals surface area (Å²) in [6, 6.07) is 9.23. The molecular weight excluding hydrogens is 352 g/mol. The Labute approximate surface area is 154 Å². The van der Waals surface area contributed by atoms with E-state index in [0.29, 0.717) is 22.2 Å². The minimum atomic E-state index is -0.361. The Morgan fingerprint density at radius 1 is 1.31 bits per heavy atom. The van der Waals surface area contributed by atoms with Gasteiger partial charge in [-0.15, -0.1) is 11.3 Å². The third-order valence-electron chi connectivity index (χ3n) is 3.84. The van der Waals surface area contributed by atoms with Crippen LogP contribution in [0.1, 0.15) is 11.3 Å². The predicted molar refractivity (Wildman–Crippen MR) is 100 cm³/mol. The van der Waals surface area contributed by atoms with Gasteiger partial charge in [-0.1, -0.05) is 30.3 Å². The highest BCUT2D eigenvalue weighted by Crippen LogP contribution is 2.18. The van der Waals surface area contributed by atoms with Gasteiger partial charge in [0, 0.05) is 41.4 Å². The highest BCUT2D eigenvalue weighted by molar-refractivity contribution is 7.13. The van der Waals surface area contributed by atoms with Crippen molar-refractivity contribution in [3.63, 3.8) is 0 Å². The summed E-state index contributed by atoms with van der Waals surface area (Å²) >= 11 is 1.30. The maximum Gasteiger partial charge on any atom is 0.257 e. The topological polar surface area (TPSA) is 97.1 Å². The SMILES string of the molecule is Cc1nc(-c2ccccc2)n(CC(=O)Nc2nccs2)c(=O)c1CCO. The molecule has 0 aliphatic rings. The molecule has 2 N–H and O–H groups in total. The van der Waals surface area contributed by atoms with Crippen molar-refractivity contribution in [2.45, 2.75) is 19.9 Å². The molecule has 3 rings (SSSR count). The number of amides is 1. The molecule has 0 spiro atoms. The summed E-state index contributed by atoms with van der Waals surface area (Å²) in [6.45, 7) is 1.39. The first kappa shape index (κ1) is 18.0. The van der Waals surface area contributed by atoms with Crippen LogP contribution in [-0.4, -0.2) is 32.2 Å². The number of aryl methyl sites for hydroxylation is 1. The van der Waals surface area contributed by atoms with Crippen LogP contribution < -0.4 is 10.9 Å². The van der Waals surface area contributed by atoms with Gasteiger partial charge < -0.3 is 10.4 Å². The molecule has 3 aromatic rings. The third kappa shape index (κ3) is 3.87. The molecule has 8 heteroatoms. The van der Waals surface area contributed by atoms with E-state index >= 15 is 0 Å². The Balaban J connectivity index is 2.04. The zero-order valence-electron chi connectivity index (χ0n) is 14.2. The first-order chi connectivity index (χ1) is 12.6. The number of carbonyl (C=O) groups is 1. The van der Waals surface area contributed by atoms with Gasteiger partial charge >= 0.3 is 0 Å². The molecule has 0 aliphatic heterocycles. The Hall–Kier alpha value is -2.84. The van der Waals surface area contributed by atoms with Crippen molar-refractivity contribution in [2.75, 3.05) is 11.9 Å². The van der Waals surface area contributed by atoms with Crippen molar-refractivity contribution in [1.82, 2.24) is 14.5 Å². The molecule has 0 saturated heterocycles. The highest BCUT2D eigenvalue weighted by Gasteiger charge is 2.17. The normalized spacial score (nSPS) is 10.7. The summed E-state index contributed by atoms with van der Waals surface area (Å²) in [4.78, 5) is 33.9. The highest BCUT2D eigenvalue weighted by atomic mass is 32.1. The van der Waals surface area contributed by atoms with Crippen LogP contribution in [0, 0.1) is 6.92 Å². The lowest BCUT2D eigenvalue weighted by atomic mass is 10.1. The van der Waals surface area contributed by atoms with E-state index in [1.807, 2.05) is 30.3 Å². The summed E-state index contributed by atoms with van der Waals surface area (Å²) in [5.74, 6) is 0.0592. The van der Waals surface area contributed by atoms with Gasteiger partial charge in [0.25, 0.3) is 5.56 Å². The summed E-state index contributed by atoms with van der Waals surface area (Å²) in [5, 5.41) is 14.1. The van der Waals surface area contributed by atoms with E-state index < -0.39 is 0 Å². The van der Waals surface area contributed by atoms with Gasteiger partial charge in [0.2, 0.25) is 5.91 Å².